The van der Waals surface area contributed by atoms with E-state index in [4.69, 9.17) is 0 Å². The Hall–Kier alpha value is -0.820. The third kappa shape index (κ3) is 3.63. The van der Waals surface area contributed by atoms with Crippen molar-refractivity contribution in [2.45, 2.75) is 70.9 Å². The molecule has 20 heavy (non-hydrogen) atoms. The van der Waals surface area contributed by atoms with Crippen LogP contribution in [0.5, 0.6) is 0 Å². The molecule has 1 aromatic carbocycles. The lowest BCUT2D eigenvalue weighted by Crippen LogP contribution is -2.34. The molecule has 0 amide bonds. The highest BCUT2D eigenvalue weighted by atomic mass is 14.9. The van der Waals surface area contributed by atoms with Crippen molar-refractivity contribution in [2.75, 3.05) is 0 Å². The molecule has 0 aliphatic heterocycles. The number of benzene rings is 1. The summed E-state index contributed by atoms with van der Waals surface area (Å²) in [4.78, 5) is 0. The summed E-state index contributed by atoms with van der Waals surface area (Å²) in [6.45, 7) is 5.56. The Morgan fingerprint density at radius 1 is 1.00 bits per heavy atom. The average Bonchev–Trinajstić information content (AvgIpc) is 3.30. The first-order valence-electron chi connectivity index (χ1n) is 8.54. The SMILES string of the molecule is CC(C)c1ccc(CNC2CCCC(C3CC3)C2)cc1. The van der Waals surface area contributed by atoms with Crippen molar-refractivity contribution in [1.82, 2.24) is 5.32 Å². The first-order chi connectivity index (χ1) is 9.72. The molecule has 1 heteroatoms. The Balaban J connectivity index is 1.48. The minimum Gasteiger partial charge on any atom is -0.310 e. The zero-order valence-corrected chi connectivity index (χ0v) is 13.1. The van der Waals surface area contributed by atoms with Crippen LogP contribution < -0.4 is 5.32 Å². The average molecular weight is 271 g/mol. The summed E-state index contributed by atoms with van der Waals surface area (Å²) < 4.78 is 0. The van der Waals surface area contributed by atoms with Crippen LogP contribution in [0.25, 0.3) is 0 Å². The van der Waals surface area contributed by atoms with Gasteiger partial charge in [0.25, 0.3) is 0 Å². The molecule has 0 spiro atoms. The second-order valence-electron chi connectivity index (χ2n) is 7.24. The summed E-state index contributed by atoms with van der Waals surface area (Å²) in [7, 11) is 0. The summed E-state index contributed by atoms with van der Waals surface area (Å²) in [6, 6.07) is 9.93. The Kier molecular flexibility index (Phi) is 4.45. The molecule has 0 aromatic heterocycles. The van der Waals surface area contributed by atoms with E-state index >= 15 is 0 Å². The zero-order chi connectivity index (χ0) is 13.9. The van der Waals surface area contributed by atoms with Gasteiger partial charge in [0.1, 0.15) is 0 Å². The molecule has 1 nitrogen and oxygen atoms in total. The van der Waals surface area contributed by atoms with E-state index in [9.17, 15) is 0 Å². The first kappa shape index (κ1) is 14.1. The lowest BCUT2D eigenvalue weighted by molar-refractivity contribution is 0.260. The molecule has 3 rings (SSSR count). The molecule has 0 saturated heterocycles. The summed E-state index contributed by atoms with van der Waals surface area (Å²) in [5.41, 5.74) is 2.88. The Morgan fingerprint density at radius 2 is 1.75 bits per heavy atom. The molecule has 2 saturated carbocycles. The fourth-order valence-electron chi connectivity index (χ4n) is 3.69. The minimum absolute atomic E-state index is 0.634. The van der Waals surface area contributed by atoms with Gasteiger partial charge in [-0.2, -0.15) is 0 Å². The second kappa shape index (κ2) is 6.30. The van der Waals surface area contributed by atoms with Gasteiger partial charge in [-0.15, -0.1) is 0 Å². The van der Waals surface area contributed by atoms with E-state index in [-0.39, 0.29) is 0 Å². The van der Waals surface area contributed by atoms with Gasteiger partial charge in [0.05, 0.1) is 0 Å². The van der Waals surface area contributed by atoms with Crippen molar-refractivity contribution in [3.63, 3.8) is 0 Å². The number of hydrogen-bond donors (Lipinski definition) is 1. The van der Waals surface area contributed by atoms with Crippen molar-refractivity contribution in [1.29, 1.82) is 0 Å². The van der Waals surface area contributed by atoms with Crippen LogP contribution in [0.15, 0.2) is 24.3 Å². The van der Waals surface area contributed by atoms with Gasteiger partial charge in [0.2, 0.25) is 0 Å². The molecule has 2 aliphatic rings. The van der Waals surface area contributed by atoms with Crippen LogP contribution in [-0.2, 0) is 6.54 Å². The highest BCUT2D eigenvalue weighted by Crippen LogP contribution is 2.43. The van der Waals surface area contributed by atoms with E-state index in [0.717, 1.165) is 24.4 Å². The highest BCUT2D eigenvalue weighted by molar-refractivity contribution is 5.24. The van der Waals surface area contributed by atoms with E-state index in [1.54, 1.807) is 0 Å². The maximum absolute atomic E-state index is 3.80. The fraction of sp³-hybridized carbons (Fsp3) is 0.684. The van der Waals surface area contributed by atoms with Gasteiger partial charge in [-0.1, -0.05) is 51.0 Å². The van der Waals surface area contributed by atoms with E-state index < -0.39 is 0 Å². The molecule has 2 fully saturated rings. The Bertz CT molecular complexity index is 416. The molecule has 1 aromatic rings. The number of rotatable bonds is 5. The van der Waals surface area contributed by atoms with Crippen LogP contribution in [-0.4, -0.2) is 6.04 Å². The predicted octanol–water partition coefficient (Wildman–Crippen LogP) is 4.87. The first-order valence-corrected chi connectivity index (χ1v) is 8.54. The van der Waals surface area contributed by atoms with Gasteiger partial charge >= 0.3 is 0 Å². The second-order valence-corrected chi connectivity index (χ2v) is 7.24. The largest absolute Gasteiger partial charge is 0.310 e. The normalized spacial score (nSPS) is 26.9. The van der Waals surface area contributed by atoms with Crippen LogP contribution in [0.2, 0.25) is 0 Å². The van der Waals surface area contributed by atoms with Crippen molar-refractivity contribution >= 4 is 0 Å². The minimum atomic E-state index is 0.634. The lowest BCUT2D eigenvalue weighted by Gasteiger charge is -2.30. The molecule has 0 bridgehead atoms. The summed E-state index contributed by atoms with van der Waals surface area (Å²) in [6.07, 6.45) is 8.75. The zero-order valence-electron chi connectivity index (χ0n) is 13.1. The quantitative estimate of drug-likeness (QED) is 0.805. The van der Waals surface area contributed by atoms with Crippen LogP contribution in [0.1, 0.15) is 69.4 Å². The number of hydrogen-bond acceptors (Lipinski definition) is 1. The van der Waals surface area contributed by atoms with Crippen molar-refractivity contribution in [2.24, 2.45) is 11.8 Å². The smallest absolute Gasteiger partial charge is 0.0208 e. The van der Waals surface area contributed by atoms with E-state index in [0.29, 0.717) is 5.92 Å². The van der Waals surface area contributed by atoms with Crippen LogP contribution >= 0.6 is 0 Å². The molecule has 1 N–H and O–H groups in total. The van der Waals surface area contributed by atoms with Crippen molar-refractivity contribution in [3.8, 4) is 0 Å². The van der Waals surface area contributed by atoms with Gasteiger partial charge in [-0.3, -0.25) is 0 Å². The standard InChI is InChI=1S/C19H29N/c1-14(2)16-8-6-15(7-9-16)13-20-19-5-3-4-18(12-19)17-10-11-17/h6-9,14,17-20H,3-5,10-13H2,1-2H3. The Labute approximate surface area is 124 Å². The molecule has 0 radical (unpaired) electrons. The molecular formula is C19H29N. The van der Waals surface area contributed by atoms with Crippen molar-refractivity contribution < 1.29 is 0 Å². The van der Waals surface area contributed by atoms with Gasteiger partial charge in [-0.25, -0.2) is 0 Å². The molecule has 110 valence electrons. The number of nitrogens with one attached hydrogen (secondary N) is 1. The molecule has 0 heterocycles. The van der Waals surface area contributed by atoms with Gasteiger partial charge in [0, 0.05) is 12.6 Å². The topological polar surface area (TPSA) is 12.0 Å². The third-order valence-electron chi connectivity index (χ3n) is 5.24. The highest BCUT2D eigenvalue weighted by Gasteiger charge is 2.34. The predicted molar refractivity (Wildman–Crippen MR) is 85.8 cm³/mol. The van der Waals surface area contributed by atoms with Crippen LogP contribution in [0.4, 0.5) is 0 Å². The maximum Gasteiger partial charge on any atom is 0.0208 e. The van der Waals surface area contributed by atoms with Gasteiger partial charge in [-0.05, 0) is 54.6 Å². The molecule has 2 unspecified atom stereocenters. The van der Waals surface area contributed by atoms with Crippen LogP contribution in [0, 0.1) is 11.8 Å². The Morgan fingerprint density at radius 3 is 2.40 bits per heavy atom. The monoisotopic (exact) mass is 271 g/mol. The summed E-state index contributed by atoms with van der Waals surface area (Å²) in [5, 5.41) is 3.80. The van der Waals surface area contributed by atoms with E-state index in [2.05, 4.69) is 43.4 Å². The maximum atomic E-state index is 3.80. The summed E-state index contributed by atoms with van der Waals surface area (Å²) in [5.74, 6) is 2.75. The van der Waals surface area contributed by atoms with Gasteiger partial charge < -0.3 is 5.32 Å². The van der Waals surface area contributed by atoms with Crippen LogP contribution in [0.3, 0.4) is 0 Å². The molecule has 2 aliphatic carbocycles. The van der Waals surface area contributed by atoms with Gasteiger partial charge in [0.15, 0.2) is 0 Å². The van der Waals surface area contributed by atoms with E-state index in [1.807, 2.05) is 0 Å². The summed E-state index contributed by atoms with van der Waals surface area (Å²) >= 11 is 0. The van der Waals surface area contributed by atoms with Crippen molar-refractivity contribution in [3.05, 3.63) is 35.4 Å². The molecular weight excluding hydrogens is 242 g/mol. The lowest BCUT2D eigenvalue weighted by atomic mass is 9.82. The fourth-order valence-corrected chi connectivity index (χ4v) is 3.69. The third-order valence-corrected chi connectivity index (χ3v) is 5.24. The van der Waals surface area contributed by atoms with E-state index in [1.165, 1.54) is 49.7 Å². The molecule has 2 atom stereocenters.